The third-order valence-electron chi connectivity index (χ3n) is 5.58. The van der Waals surface area contributed by atoms with Crippen LogP contribution < -0.4 is 4.74 Å². The van der Waals surface area contributed by atoms with E-state index < -0.39 is 5.60 Å². The molecule has 29 heavy (non-hydrogen) atoms. The molecule has 3 atom stereocenters. The minimum Gasteiger partial charge on any atom is -0.473 e. The number of likely N-dealkylation sites (tertiary alicyclic amines) is 1. The van der Waals surface area contributed by atoms with E-state index in [-0.39, 0.29) is 12.2 Å². The lowest BCUT2D eigenvalue weighted by Crippen LogP contribution is -2.36. The van der Waals surface area contributed by atoms with Gasteiger partial charge in [-0.1, -0.05) is 0 Å². The summed E-state index contributed by atoms with van der Waals surface area (Å²) in [7, 11) is 1.89. The van der Waals surface area contributed by atoms with Gasteiger partial charge >= 0.3 is 6.09 Å². The largest absolute Gasteiger partial charge is 0.473 e. The Kier molecular flexibility index (Phi) is 4.96. The molecule has 0 radical (unpaired) electrons. The molecular formula is C21H29N5O3. The molecule has 0 N–H and O–H groups in total. The number of carbonyl (C=O) groups excluding carboxylic acids is 1. The molecular weight excluding hydrogens is 370 g/mol. The quantitative estimate of drug-likeness (QED) is 0.788. The Balaban J connectivity index is 1.32. The number of nitrogens with zero attached hydrogens (tertiary/aromatic N) is 5. The van der Waals surface area contributed by atoms with Crippen LogP contribution in [0.25, 0.3) is 11.3 Å². The summed E-state index contributed by atoms with van der Waals surface area (Å²) in [4.78, 5) is 14.1. The zero-order valence-electron chi connectivity index (χ0n) is 17.8. The summed E-state index contributed by atoms with van der Waals surface area (Å²) in [6.45, 7) is 9.13. The van der Waals surface area contributed by atoms with Crippen molar-refractivity contribution in [3.05, 3.63) is 24.0 Å². The Bertz CT molecular complexity index is 873. The van der Waals surface area contributed by atoms with Crippen LogP contribution in [-0.4, -0.2) is 55.8 Å². The lowest BCUT2D eigenvalue weighted by atomic mass is 10.0. The van der Waals surface area contributed by atoms with Crippen LogP contribution in [0.15, 0.2) is 18.3 Å². The van der Waals surface area contributed by atoms with Crippen molar-refractivity contribution >= 4 is 6.09 Å². The number of aryl methyl sites for hydroxylation is 2. The van der Waals surface area contributed by atoms with E-state index in [1.165, 1.54) is 0 Å². The zero-order valence-corrected chi connectivity index (χ0v) is 17.8. The second kappa shape index (κ2) is 7.31. The van der Waals surface area contributed by atoms with Crippen LogP contribution in [0.2, 0.25) is 0 Å². The van der Waals surface area contributed by atoms with Gasteiger partial charge in [-0.2, -0.15) is 5.10 Å². The first kappa shape index (κ1) is 19.7. The summed E-state index contributed by atoms with van der Waals surface area (Å²) in [5.74, 6) is 1.46. The van der Waals surface area contributed by atoms with Crippen molar-refractivity contribution in [2.75, 3.05) is 13.1 Å². The average Bonchev–Trinajstić information content (AvgIpc) is 3.27. The summed E-state index contributed by atoms with van der Waals surface area (Å²) in [6.07, 6.45) is 3.70. The van der Waals surface area contributed by atoms with Gasteiger partial charge in [-0.05, 0) is 58.4 Å². The number of amides is 1. The molecule has 8 heteroatoms. The van der Waals surface area contributed by atoms with E-state index in [0.29, 0.717) is 17.7 Å². The molecule has 1 saturated carbocycles. The number of carbonyl (C=O) groups is 1. The summed E-state index contributed by atoms with van der Waals surface area (Å²) in [6, 6.07) is 3.79. The fourth-order valence-corrected chi connectivity index (χ4v) is 4.36. The number of rotatable bonds is 3. The number of aromatic nitrogens is 4. The van der Waals surface area contributed by atoms with Crippen LogP contribution in [0.4, 0.5) is 4.79 Å². The van der Waals surface area contributed by atoms with Gasteiger partial charge in [-0.15, -0.1) is 10.2 Å². The maximum Gasteiger partial charge on any atom is 0.410 e. The van der Waals surface area contributed by atoms with E-state index in [1.54, 1.807) is 4.68 Å². The van der Waals surface area contributed by atoms with Crippen molar-refractivity contribution in [1.29, 1.82) is 0 Å². The predicted molar refractivity (Wildman–Crippen MR) is 107 cm³/mol. The highest BCUT2D eigenvalue weighted by Crippen LogP contribution is 2.40. The molecule has 2 aliphatic rings. The number of hydrogen-bond donors (Lipinski definition) is 0. The topological polar surface area (TPSA) is 82.4 Å². The molecule has 0 spiro atoms. The molecule has 2 unspecified atom stereocenters. The highest BCUT2D eigenvalue weighted by Gasteiger charge is 2.44. The Morgan fingerprint density at radius 1 is 1.14 bits per heavy atom. The predicted octanol–water partition coefficient (Wildman–Crippen LogP) is 3.21. The fourth-order valence-electron chi connectivity index (χ4n) is 4.36. The Morgan fingerprint density at radius 3 is 2.34 bits per heavy atom. The van der Waals surface area contributed by atoms with Crippen molar-refractivity contribution in [3.63, 3.8) is 0 Å². The van der Waals surface area contributed by atoms with Crippen molar-refractivity contribution < 1.29 is 14.3 Å². The van der Waals surface area contributed by atoms with Crippen molar-refractivity contribution in [3.8, 4) is 17.1 Å². The zero-order chi connectivity index (χ0) is 20.8. The van der Waals surface area contributed by atoms with Gasteiger partial charge in [-0.25, -0.2) is 4.79 Å². The summed E-state index contributed by atoms with van der Waals surface area (Å²) >= 11 is 0. The first-order valence-electron chi connectivity index (χ1n) is 10.2. The third kappa shape index (κ3) is 4.36. The van der Waals surface area contributed by atoms with Crippen molar-refractivity contribution in [1.82, 2.24) is 24.9 Å². The normalized spacial score (nSPS) is 23.9. The summed E-state index contributed by atoms with van der Waals surface area (Å²) < 4.78 is 13.4. The van der Waals surface area contributed by atoms with Crippen LogP contribution in [0.5, 0.6) is 5.88 Å². The van der Waals surface area contributed by atoms with Gasteiger partial charge < -0.3 is 14.4 Å². The van der Waals surface area contributed by atoms with E-state index in [2.05, 4.69) is 15.3 Å². The summed E-state index contributed by atoms with van der Waals surface area (Å²) in [5, 5.41) is 12.9. The highest BCUT2D eigenvalue weighted by atomic mass is 16.6. The summed E-state index contributed by atoms with van der Waals surface area (Å²) in [5.41, 5.74) is 2.23. The molecule has 2 fully saturated rings. The molecule has 1 amide bonds. The Labute approximate surface area is 171 Å². The number of fused-ring (bicyclic) bond motifs is 1. The Morgan fingerprint density at radius 2 is 1.83 bits per heavy atom. The van der Waals surface area contributed by atoms with Gasteiger partial charge in [0.15, 0.2) is 0 Å². The monoisotopic (exact) mass is 399 g/mol. The van der Waals surface area contributed by atoms with Gasteiger partial charge in [0.1, 0.15) is 11.7 Å². The van der Waals surface area contributed by atoms with E-state index in [9.17, 15) is 4.79 Å². The molecule has 8 nitrogen and oxygen atoms in total. The smallest absolute Gasteiger partial charge is 0.410 e. The third-order valence-corrected chi connectivity index (χ3v) is 5.58. The molecule has 1 saturated heterocycles. The van der Waals surface area contributed by atoms with Crippen LogP contribution in [0, 0.1) is 18.8 Å². The van der Waals surface area contributed by atoms with Crippen molar-refractivity contribution in [2.45, 2.75) is 52.2 Å². The molecule has 2 aromatic rings. The molecule has 4 rings (SSSR count). The van der Waals surface area contributed by atoms with Gasteiger partial charge in [0.05, 0.1) is 11.4 Å². The van der Waals surface area contributed by atoms with E-state index in [4.69, 9.17) is 9.47 Å². The minimum atomic E-state index is -0.459. The van der Waals surface area contributed by atoms with Gasteiger partial charge in [-0.3, -0.25) is 4.68 Å². The van der Waals surface area contributed by atoms with E-state index in [1.807, 2.05) is 58.0 Å². The van der Waals surface area contributed by atoms with Crippen LogP contribution in [0.1, 0.15) is 39.3 Å². The van der Waals surface area contributed by atoms with E-state index >= 15 is 0 Å². The first-order valence-corrected chi connectivity index (χ1v) is 10.2. The first-order chi connectivity index (χ1) is 13.7. The molecule has 156 valence electrons. The number of ether oxygens (including phenoxy) is 2. The van der Waals surface area contributed by atoms with Gasteiger partial charge in [0.25, 0.3) is 0 Å². The van der Waals surface area contributed by atoms with Gasteiger partial charge in [0, 0.05) is 38.0 Å². The average molecular weight is 399 g/mol. The molecule has 0 aromatic carbocycles. The SMILES string of the molecule is Cc1nn(C)cc1-c1ccc(OC2CC3CN(C(=O)OC(C)(C)C)C[C@H]3C2)nn1. The number of hydrogen-bond acceptors (Lipinski definition) is 6. The maximum atomic E-state index is 12.3. The Hall–Kier alpha value is -2.64. The maximum absolute atomic E-state index is 12.3. The van der Waals surface area contributed by atoms with Crippen LogP contribution in [-0.2, 0) is 11.8 Å². The fraction of sp³-hybridized carbons (Fsp3) is 0.619. The molecule has 0 bridgehead atoms. The minimum absolute atomic E-state index is 0.117. The molecule has 3 heterocycles. The second-order valence-electron chi connectivity index (χ2n) is 9.18. The highest BCUT2D eigenvalue weighted by molar-refractivity contribution is 5.68. The van der Waals surface area contributed by atoms with E-state index in [0.717, 1.165) is 42.9 Å². The van der Waals surface area contributed by atoms with Crippen LogP contribution in [0.3, 0.4) is 0 Å². The lowest BCUT2D eigenvalue weighted by molar-refractivity contribution is 0.0271. The van der Waals surface area contributed by atoms with Gasteiger partial charge in [0.2, 0.25) is 5.88 Å². The van der Waals surface area contributed by atoms with Crippen molar-refractivity contribution in [2.24, 2.45) is 18.9 Å². The second-order valence-corrected chi connectivity index (χ2v) is 9.18. The lowest BCUT2D eigenvalue weighted by Gasteiger charge is -2.25. The standard InChI is InChI=1S/C21H29N5O3/c1-13-17(12-25(5)24-13)18-6-7-19(23-22-18)28-16-8-14-10-26(11-15(14)9-16)20(27)29-21(2,3)4/h6-7,12,14-16H,8-11H2,1-5H3/t14-,15?,16?/m1/s1. The molecule has 1 aliphatic carbocycles. The molecule has 1 aliphatic heterocycles. The molecule has 2 aromatic heterocycles. The van der Waals surface area contributed by atoms with Crippen LogP contribution >= 0.6 is 0 Å².